The Morgan fingerprint density at radius 2 is 1.72 bits per heavy atom. The van der Waals surface area contributed by atoms with Gasteiger partial charge in [-0.1, -0.05) is 36.4 Å². The number of anilines is 1. The number of nitrogens with one attached hydrogen (secondary N) is 1. The van der Waals surface area contributed by atoms with E-state index in [0.717, 1.165) is 35.2 Å². The molecule has 206 valence electrons. The van der Waals surface area contributed by atoms with Crippen molar-refractivity contribution in [2.75, 3.05) is 11.9 Å². The van der Waals surface area contributed by atoms with Crippen LogP contribution in [0.4, 0.5) is 5.69 Å². The zero-order valence-corrected chi connectivity index (χ0v) is 23.6. The Bertz CT molecular complexity index is 1260. The average molecular weight is 530 g/mol. The summed E-state index contributed by atoms with van der Waals surface area (Å²) in [6.45, 7) is 9.99. The van der Waals surface area contributed by atoms with Crippen LogP contribution in [0.25, 0.3) is 11.1 Å². The molecule has 0 saturated heterocycles. The van der Waals surface area contributed by atoms with Gasteiger partial charge in [-0.2, -0.15) is 0 Å². The molecule has 0 aliphatic heterocycles. The van der Waals surface area contributed by atoms with Gasteiger partial charge in [-0.3, -0.25) is 9.78 Å². The Labute approximate surface area is 231 Å². The Kier molecular flexibility index (Phi) is 8.58. The minimum absolute atomic E-state index is 0.139. The predicted octanol–water partition coefficient (Wildman–Crippen LogP) is 6.24. The summed E-state index contributed by atoms with van der Waals surface area (Å²) in [7, 11) is 0. The van der Waals surface area contributed by atoms with Crippen LogP contribution < -0.4 is 10.1 Å². The van der Waals surface area contributed by atoms with Crippen LogP contribution in [0.15, 0.2) is 73.1 Å². The summed E-state index contributed by atoms with van der Waals surface area (Å²) < 4.78 is 11.5. The van der Waals surface area contributed by atoms with Gasteiger partial charge in [0, 0.05) is 49.7 Å². The van der Waals surface area contributed by atoms with Crippen molar-refractivity contribution in [3.8, 4) is 16.9 Å². The number of benzene rings is 2. The van der Waals surface area contributed by atoms with Crippen molar-refractivity contribution in [3.63, 3.8) is 0 Å². The molecule has 1 aliphatic rings. The first-order valence-electron chi connectivity index (χ1n) is 13.6. The molecule has 1 heterocycles. The lowest BCUT2D eigenvalue weighted by atomic mass is 10.1. The summed E-state index contributed by atoms with van der Waals surface area (Å²) in [5.41, 5.74) is 2.40. The fourth-order valence-electron chi connectivity index (χ4n) is 4.20. The van der Waals surface area contributed by atoms with Crippen LogP contribution in [0.2, 0.25) is 0 Å². The normalized spacial score (nSPS) is 13.5. The second-order valence-electron chi connectivity index (χ2n) is 11.5. The van der Waals surface area contributed by atoms with Gasteiger partial charge < -0.3 is 19.7 Å². The molecule has 39 heavy (non-hydrogen) atoms. The van der Waals surface area contributed by atoms with Gasteiger partial charge in [-0.25, -0.2) is 4.79 Å². The summed E-state index contributed by atoms with van der Waals surface area (Å²) >= 11 is 0. The smallest absolute Gasteiger partial charge is 0.350 e. The van der Waals surface area contributed by atoms with Crippen LogP contribution in [0.5, 0.6) is 5.75 Å². The van der Waals surface area contributed by atoms with E-state index in [0.29, 0.717) is 31.3 Å². The zero-order chi connectivity index (χ0) is 28.0. The highest BCUT2D eigenvalue weighted by molar-refractivity contribution is 5.79. The first kappa shape index (κ1) is 28.1. The van der Waals surface area contributed by atoms with Gasteiger partial charge in [0.1, 0.15) is 11.4 Å². The molecule has 0 atom stereocenters. The SMILES string of the molecule is CC(C)(C)OC(=O)C(C)(C)Oc1cccc(NCCC(=O)N(Cc2ccc(-c3cccnc3)cc2)C2CC2)c1. The molecule has 0 spiro atoms. The van der Waals surface area contributed by atoms with Crippen molar-refractivity contribution in [1.29, 1.82) is 0 Å². The van der Waals surface area contributed by atoms with E-state index in [1.807, 2.05) is 62.2 Å². The molecule has 1 aromatic heterocycles. The molecular weight excluding hydrogens is 490 g/mol. The first-order chi connectivity index (χ1) is 18.5. The highest BCUT2D eigenvalue weighted by Gasteiger charge is 2.35. The molecule has 1 saturated carbocycles. The number of esters is 1. The van der Waals surface area contributed by atoms with Gasteiger partial charge in [0.05, 0.1) is 0 Å². The third-order valence-electron chi connectivity index (χ3n) is 6.38. The molecule has 0 radical (unpaired) electrons. The molecule has 1 fully saturated rings. The maximum Gasteiger partial charge on any atom is 0.350 e. The summed E-state index contributed by atoms with van der Waals surface area (Å²) in [4.78, 5) is 31.9. The van der Waals surface area contributed by atoms with Gasteiger partial charge in [0.25, 0.3) is 0 Å². The Balaban J connectivity index is 1.30. The highest BCUT2D eigenvalue weighted by Crippen LogP contribution is 2.30. The fourth-order valence-corrected chi connectivity index (χ4v) is 4.20. The second kappa shape index (κ2) is 11.9. The van der Waals surface area contributed by atoms with Crippen LogP contribution in [0, 0.1) is 0 Å². The summed E-state index contributed by atoms with van der Waals surface area (Å²) in [5.74, 6) is 0.266. The van der Waals surface area contributed by atoms with Crippen molar-refractivity contribution >= 4 is 17.6 Å². The van der Waals surface area contributed by atoms with Gasteiger partial charge in [0.2, 0.25) is 5.91 Å². The Hall–Kier alpha value is -3.87. The first-order valence-corrected chi connectivity index (χ1v) is 13.6. The quantitative estimate of drug-likeness (QED) is 0.296. The van der Waals surface area contributed by atoms with E-state index < -0.39 is 17.2 Å². The fraction of sp³-hybridized carbons (Fsp3) is 0.406. The number of amides is 1. The van der Waals surface area contributed by atoms with Crippen LogP contribution in [-0.2, 0) is 20.9 Å². The number of nitrogens with zero attached hydrogens (tertiary/aromatic N) is 2. The Morgan fingerprint density at radius 3 is 2.36 bits per heavy atom. The van der Waals surface area contributed by atoms with E-state index in [2.05, 4.69) is 34.6 Å². The van der Waals surface area contributed by atoms with Crippen molar-refractivity contribution in [1.82, 2.24) is 9.88 Å². The largest absolute Gasteiger partial charge is 0.476 e. The predicted molar refractivity (Wildman–Crippen MR) is 153 cm³/mol. The molecule has 0 bridgehead atoms. The van der Waals surface area contributed by atoms with E-state index in [1.54, 1.807) is 26.1 Å². The van der Waals surface area contributed by atoms with Crippen molar-refractivity contribution in [2.24, 2.45) is 0 Å². The van der Waals surface area contributed by atoms with Gasteiger partial charge in [-0.05, 0) is 82.3 Å². The molecule has 1 aliphatic carbocycles. The molecule has 1 amide bonds. The van der Waals surface area contributed by atoms with Crippen molar-refractivity contribution in [2.45, 2.75) is 77.7 Å². The minimum Gasteiger partial charge on any atom is -0.476 e. The molecule has 1 N–H and O–H groups in total. The summed E-state index contributed by atoms with van der Waals surface area (Å²) in [5, 5.41) is 3.32. The Morgan fingerprint density at radius 1 is 0.974 bits per heavy atom. The maximum atomic E-state index is 13.2. The van der Waals surface area contributed by atoms with E-state index in [4.69, 9.17) is 9.47 Å². The third-order valence-corrected chi connectivity index (χ3v) is 6.38. The lowest BCUT2D eigenvalue weighted by Crippen LogP contribution is -2.43. The van der Waals surface area contributed by atoms with E-state index in [1.165, 1.54) is 0 Å². The van der Waals surface area contributed by atoms with Gasteiger partial charge in [0.15, 0.2) is 5.60 Å². The van der Waals surface area contributed by atoms with Crippen molar-refractivity contribution in [3.05, 3.63) is 78.6 Å². The molecule has 4 rings (SSSR count). The lowest BCUT2D eigenvalue weighted by molar-refractivity contribution is -0.170. The van der Waals surface area contributed by atoms with Gasteiger partial charge in [-0.15, -0.1) is 0 Å². The molecule has 3 aromatic rings. The minimum atomic E-state index is -1.14. The molecular formula is C32H39N3O4. The summed E-state index contributed by atoms with van der Waals surface area (Å²) in [6, 6.07) is 20.1. The van der Waals surface area contributed by atoms with Crippen LogP contribution >= 0.6 is 0 Å². The van der Waals surface area contributed by atoms with Gasteiger partial charge >= 0.3 is 5.97 Å². The average Bonchev–Trinajstić information content (AvgIpc) is 3.72. The number of carbonyl (C=O) groups excluding carboxylic acids is 2. The number of ether oxygens (including phenoxy) is 2. The number of carbonyl (C=O) groups is 2. The molecule has 0 unspecified atom stereocenters. The zero-order valence-electron chi connectivity index (χ0n) is 23.6. The number of aromatic nitrogens is 1. The number of pyridine rings is 1. The summed E-state index contributed by atoms with van der Waals surface area (Å²) in [6.07, 6.45) is 6.12. The van der Waals surface area contributed by atoms with Crippen LogP contribution in [-0.4, -0.2) is 45.5 Å². The van der Waals surface area contributed by atoms with E-state index in [-0.39, 0.29) is 5.91 Å². The molecule has 2 aromatic carbocycles. The highest BCUT2D eigenvalue weighted by atomic mass is 16.6. The van der Waals surface area contributed by atoms with Crippen molar-refractivity contribution < 1.29 is 19.1 Å². The monoisotopic (exact) mass is 529 g/mol. The van der Waals surface area contributed by atoms with Crippen LogP contribution in [0.3, 0.4) is 0 Å². The van der Waals surface area contributed by atoms with Crippen LogP contribution in [0.1, 0.15) is 59.4 Å². The lowest BCUT2D eigenvalue weighted by Gasteiger charge is -2.29. The third kappa shape index (κ3) is 8.31. The van der Waals surface area contributed by atoms with E-state index >= 15 is 0 Å². The molecule has 7 nitrogen and oxygen atoms in total. The van der Waals surface area contributed by atoms with E-state index in [9.17, 15) is 9.59 Å². The molecule has 7 heteroatoms. The number of hydrogen-bond donors (Lipinski definition) is 1. The number of rotatable bonds is 11. The maximum absolute atomic E-state index is 13.2. The number of hydrogen-bond acceptors (Lipinski definition) is 6. The topological polar surface area (TPSA) is 80.8 Å². The standard InChI is InChI=1S/C32H39N3O4/c1-31(2,3)39-30(37)32(4,5)38-28-10-6-9-26(20-28)34-19-17-29(36)35(27-15-16-27)22-23-11-13-24(14-12-23)25-8-7-18-33-21-25/h6-14,18,20-21,27,34H,15-17,19,22H2,1-5H3. The second-order valence-corrected chi connectivity index (χ2v) is 11.5.